The molecule has 3 amide bonds. The smallest absolute Gasteiger partial charge is 0.387 e. The highest BCUT2D eigenvalue weighted by Gasteiger charge is 2.50. The average molecular weight is 436 g/mol. The Morgan fingerprint density at radius 2 is 1.58 bits per heavy atom. The molecule has 31 heavy (non-hydrogen) atoms. The zero-order chi connectivity index (χ0) is 22.7. The van der Waals surface area contributed by atoms with Crippen LogP contribution < -0.4 is 10.1 Å². The Labute approximate surface area is 177 Å². The number of likely N-dealkylation sites (tertiary alicyclic amines) is 1. The number of carbonyl (C=O) groups is 4. The molecule has 0 bridgehead atoms. The standard InChI is InChI=1S/C21H22F2N2O6/c1-11(25-18(27)15-5-3-4-6-16(15)19(25)28)20(29)30-12(2)17(26)24-13-7-9-14(10-8-13)31-21(22)23/h3-4,7-12,15-16,21H,5-6H2,1-2H3,(H,24,26). The number of amides is 3. The number of alkyl halides is 2. The number of ether oxygens (including phenoxy) is 2. The molecule has 1 saturated heterocycles. The summed E-state index contributed by atoms with van der Waals surface area (Å²) in [5, 5.41) is 2.48. The van der Waals surface area contributed by atoms with Crippen molar-refractivity contribution in [2.45, 2.75) is 45.4 Å². The van der Waals surface area contributed by atoms with Gasteiger partial charge in [-0.2, -0.15) is 8.78 Å². The fourth-order valence-electron chi connectivity index (χ4n) is 3.60. The van der Waals surface area contributed by atoms with Gasteiger partial charge in [-0.1, -0.05) is 12.2 Å². The number of allylic oxidation sites excluding steroid dienone is 2. The van der Waals surface area contributed by atoms with Crippen LogP contribution in [0.3, 0.4) is 0 Å². The van der Waals surface area contributed by atoms with Crippen molar-refractivity contribution in [3.8, 4) is 5.75 Å². The number of esters is 1. The van der Waals surface area contributed by atoms with Crippen LogP contribution in [-0.4, -0.2) is 47.3 Å². The van der Waals surface area contributed by atoms with Gasteiger partial charge in [0.1, 0.15) is 11.8 Å². The number of rotatable bonds is 7. The zero-order valence-corrected chi connectivity index (χ0v) is 16.9. The van der Waals surface area contributed by atoms with E-state index in [-0.39, 0.29) is 11.4 Å². The molecule has 4 unspecified atom stereocenters. The first-order valence-corrected chi connectivity index (χ1v) is 9.77. The van der Waals surface area contributed by atoms with Gasteiger partial charge in [0, 0.05) is 5.69 Å². The van der Waals surface area contributed by atoms with Crippen molar-refractivity contribution < 1.29 is 37.4 Å². The molecule has 0 saturated carbocycles. The minimum Gasteiger partial charge on any atom is -0.451 e. The Bertz CT molecular complexity index is 876. The molecule has 1 N–H and O–H groups in total. The predicted octanol–water partition coefficient (Wildman–Crippen LogP) is 2.50. The fourth-order valence-corrected chi connectivity index (χ4v) is 3.60. The lowest BCUT2D eigenvalue weighted by atomic mass is 9.85. The monoisotopic (exact) mass is 436 g/mol. The third kappa shape index (κ3) is 4.89. The number of hydrogen-bond donors (Lipinski definition) is 1. The molecule has 4 atom stereocenters. The first-order chi connectivity index (χ1) is 14.7. The van der Waals surface area contributed by atoms with Gasteiger partial charge in [-0.25, -0.2) is 4.79 Å². The van der Waals surface area contributed by atoms with E-state index in [1.165, 1.54) is 38.1 Å². The highest BCUT2D eigenvalue weighted by atomic mass is 19.3. The van der Waals surface area contributed by atoms with Gasteiger partial charge in [0.25, 0.3) is 5.91 Å². The van der Waals surface area contributed by atoms with E-state index in [0.717, 1.165) is 4.90 Å². The van der Waals surface area contributed by atoms with Crippen molar-refractivity contribution in [3.05, 3.63) is 36.4 Å². The summed E-state index contributed by atoms with van der Waals surface area (Å²) >= 11 is 0. The summed E-state index contributed by atoms with van der Waals surface area (Å²) in [6.45, 7) is -0.239. The lowest BCUT2D eigenvalue weighted by Gasteiger charge is -2.23. The first kappa shape index (κ1) is 22.4. The number of benzene rings is 1. The van der Waals surface area contributed by atoms with Gasteiger partial charge in [-0.15, -0.1) is 0 Å². The third-order valence-electron chi connectivity index (χ3n) is 5.28. The van der Waals surface area contributed by atoms with Gasteiger partial charge in [-0.05, 0) is 51.0 Å². The van der Waals surface area contributed by atoms with Crippen LogP contribution in [0.2, 0.25) is 0 Å². The molecule has 1 aliphatic heterocycles. The van der Waals surface area contributed by atoms with Crippen LogP contribution in [-0.2, 0) is 23.9 Å². The molecular weight excluding hydrogens is 414 g/mol. The second kappa shape index (κ2) is 9.23. The van der Waals surface area contributed by atoms with Crippen LogP contribution in [0.25, 0.3) is 0 Å². The highest BCUT2D eigenvalue weighted by Crippen LogP contribution is 2.36. The minimum absolute atomic E-state index is 0.0722. The second-order valence-corrected chi connectivity index (χ2v) is 7.35. The van der Waals surface area contributed by atoms with E-state index in [9.17, 15) is 28.0 Å². The molecule has 0 spiro atoms. The molecule has 8 nitrogen and oxygen atoms in total. The number of imide groups is 1. The highest BCUT2D eigenvalue weighted by molar-refractivity contribution is 6.08. The van der Waals surface area contributed by atoms with Gasteiger partial charge in [-0.3, -0.25) is 19.3 Å². The molecule has 1 fully saturated rings. The van der Waals surface area contributed by atoms with E-state index >= 15 is 0 Å². The molecule has 1 aromatic rings. The van der Waals surface area contributed by atoms with Crippen LogP contribution in [0.1, 0.15) is 26.7 Å². The minimum atomic E-state index is -2.96. The zero-order valence-electron chi connectivity index (χ0n) is 16.9. The molecule has 2 aliphatic rings. The van der Waals surface area contributed by atoms with E-state index in [2.05, 4.69) is 10.1 Å². The van der Waals surface area contributed by atoms with E-state index in [1.54, 1.807) is 0 Å². The Morgan fingerprint density at radius 3 is 2.10 bits per heavy atom. The van der Waals surface area contributed by atoms with Crippen LogP contribution in [0, 0.1) is 11.8 Å². The Balaban J connectivity index is 1.56. The molecule has 1 aromatic carbocycles. The summed E-state index contributed by atoms with van der Waals surface area (Å²) in [5.74, 6) is -3.37. The van der Waals surface area contributed by atoms with Crippen molar-refractivity contribution in [3.63, 3.8) is 0 Å². The van der Waals surface area contributed by atoms with Crippen molar-refractivity contribution in [1.82, 2.24) is 4.90 Å². The van der Waals surface area contributed by atoms with Crippen LogP contribution in [0.5, 0.6) is 5.75 Å². The molecule has 10 heteroatoms. The third-order valence-corrected chi connectivity index (χ3v) is 5.28. The van der Waals surface area contributed by atoms with Crippen LogP contribution in [0.4, 0.5) is 14.5 Å². The van der Waals surface area contributed by atoms with E-state index < -0.39 is 54.3 Å². The average Bonchev–Trinajstić information content (AvgIpc) is 2.99. The molecule has 1 heterocycles. The molecule has 3 rings (SSSR count). The largest absolute Gasteiger partial charge is 0.451 e. The molecule has 0 radical (unpaired) electrons. The van der Waals surface area contributed by atoms with E-state index in [1.807, 2.05) is 12.2 Å². The Kier molecular flexibility index (Phi) is 6.67. The van der Waals surface area contributed by atoms with Crippen LogP contribution >= 0.6 is 0 Å². The van der Waals surface area contributed by atoms with E-state index in [4.69, 9.17) is 4.74 Å². The first-order valence-electron chi connectivity index (χ1n) is 9.77. The van der Waals surface area contributed by atoms with Gasteiger partial charge < -0.3 is 14.8 Å². The molecule has 1 aliphatic carbocycles. The maximum atomic E-state index is 12.6. The number of halogens is 2. The molecule has 0 aromatic heterocycles. The van der Waals surface area contributed by atoms with Gasteiger partial charge in [0.2, 0.25) is 11.8 Å². The van der Waals surface area contributed by atoms with Crippen molar-refractivity contribution in [1.29, 1.82) is 0 Å². The number of carbonyl (C=O) groups excluding carboxylic acids is 4. The summed E-state index contributed by atoms with van der Waals surface area (Å²) in [6, 6.07) is 4.04. The molecule has 166 valence electrons. The quantitative estimate of drug-likeness (QED) is 0.400. The summed E-state index contributed by atoms with van der Waals surface area (Å²) in [4.78, 5) is 50.9. The normalized spacial score (nSPS) is 22.2. The lowest BCUT2D eigenvalue weighted by Crippen LogP contribution is -2.46. The van der Waals surface area contributed by atoms with Crippen molar-refractivity contribution in [2.24, 2.45) is 11.8 Å². The number of anilines is 1. The van der Waals surface area contributed by atoms with Crippen molar-refractivity contribution in [2.75, 3.05) is 5.32 Å². The maximum Gasteiger partial charge on any atom is 0.387 e. The maximum absolute atomic E-state index is 12.6. The summed E-state index contributed by atoms with van der Waals surface area (Å²) in [7, 11) is 0. The SMILES string of the molecule is CC(OC(=O)C(C)N1C(=O)C2CC=CCC2C1=O)C(=O)Nc1ccc(OC(F)F)cc1. The van der Waals surface area contributed by atoms with Crippen LogP contribution in [0.15, 0.2) is 36.4 Å². The second-order valence-electron chi connectivity index (χ2n) is 7.35. The fraction of sp³-hybridized carbons (Fsp3) is 0.429. The lowest BCUT2D eigenvalue weighted by molar-refractivity contribution is -0.163. The van der Waals surface area contributed by atoms with Gasteiger partial charge in [0.05, 0.1) is 11.8 Å². The number of nitrogens with zero attached hydrogens (tertiary/aromatic N) is 1. The summed E-state index contributed by atoms with van der Waals surface area (Å²) in [6.07, 6.45) is 3.37. The topological polar surface area (TPSA) is 102 Å². The summed E-state index contributed by atoms with van der Waals surface area (Å²) < 4.78 is 33.7. The number of nitrogens with one attached hydrogen (secondary N) is 1. The Morgan fingerprint density at radius 1 is 1.03 bits per heavy atom. The Hall–Kier alpha value is -3.30. The predicted molar refractivity (Wildman–Crippen MR) is 104 cm³/mol. The van der Waals surface area contributed by atoms with Gasteiger partial charge >= 0.3 is 12.6 Å². The summed E-state index contributed by atoms with van der Waals surface area (Å²) in [5.41, 5.74) is 0.282. The van der Waals surface area contributed by atoms with E-state index in [0.29, 0.717) is 12.8 Å². The van der Waals surface area contributed by atoms with Gasteiger partial charge in [0.15, 0.2) is 6.10 Å². The number of hydrogen-bond acceptors (Lipinski definition) is 6. The molecular formula is C21H22F2N2O6. The number of fused-ring (bicyclic) bond motifs is 1. The van der Waals surface area contributed by atoms with Crippen molar-refractivity contribution >= 4 is 29.4 Å².